The standard InChI is InChI=1S/C31H31N3O4/c1-19-13-24(27(32)35)7-10-26(19)23-4-2-3-20(14-23)17-34-18-21-15-31(34,16-21)29(38)33-30(11-12-30)25-8-5-22(6-9-25)28(36)37/h2-10,13-14,21H,11-12,15-18H2,1H3,(H2,32,35)(H,33,38)(H,36,37). The Morgan fingerprint density at radius 3 is 2.34 bits per heavy atom. The van der Waals surface area contributed by atoms with Crippen LogP contribution in [0.3, 0.4) is 0 Å². The maximum Gasteiger partial charge on any atom is 0.335 e. The van der Waals surface area contributed by atoms with Crippen LogP contribution in [0.2, 0.25) is 0 Å². The van der Waals surface area contributed by atoms with Gasteiger partial charge in [0.15, 0.2) is 0 Å². The first-order valence-electron chi connectivity index (χ1n) is 13.1. The lowest BCUT2D eigenvalue weighted by atomic mass is 9.72. The molecular formula is C31H31N3O4. The third kappa shape index (κ3) is 4.07. The molecule has 7 nitrogen and oxygen atoms in total. The number of fused-ring (bicyclic) bond motifs is 1. The summed E-state index contributed by atoms with van der Waals surface area (Å²) >= 11 is 0. The van der Waals surface area contributed by atoms with Crippen LogP contribution in [0.15, 0.2) is 66.7 Å². The van der Waals surface area contributed by atoms with Crippen molar-refractivity contribution in [2.75, 3.05) is 6.54 Å². The number of carboxylic acids is 1. The molecule has 2 bridgehead atoms. The largest absolute Gasteiger partial charge is 0.478 e. The Balaban J connectivity index is 1.19. The van der Waals surface area contributed by atoms with Crippen LogP contribution in [0.5, 0.6) is 0 Å². The number of carbonyl (C=O) groups is 3. The minimum Gasteiger partial charge on any atom is -0.478 e. The van der Waals surface area contributed by atoms with Crippen LogP contribution in [0.25, 0.3) is 11.1 Å². The molecule has 2 saturated carbocycles. The van der Waals surface area contributed by atoms with Gasteiger partial charge in [0.2, 0.25) is 11.8 Å². The van der Waals surface area contributed by atoms with Gasteiger partial charge in [0.1, 0.15) is 5.54 Å². The van der Waals surface area contributed by atoms with Crippen molar-refractivity contribution < 1.29 is 19.5 Å². The van der Waals surface area contributed by atoms with Crippen LogP contribution in [-0.4, -0.2) is 39.9 Å². The number of nitrogens with two attached hydrogens (primary N) is 1. The molecule has 7 rings (SSSR count). The minimum atomic E-state index is -0.951. The molecule has 38 heavy (non-hydrogen) atoms. The average molecular weight is 510 g/mol. The zero-order valence-electron chi connectivity index (χ0n) is 21.4. The number of nitrogens with one attached hydrogen (secondary N) is 1. The summed E-state index contributed by atoms with van der Waals surface area (Å²) in [6, 6.07) is 20.8. The van der Waals surface area contributed by atoms with Crippen LogP contribution in [0.1, 0.15) is 63.1 Å². The minimum absolute atomic E-state index is 0.0834. The van der Waals surface area contributed by atoms with Crippen LogP contribution >= 0.6 is 0 Å². The maximum absolute atomic E-state index is 13.7. The van der Waals surface area contributed by atoms with Crippen molar-refractivity contribution in [3.63, 3.8) is 0 Å². The average Bonchev–Trinajstić information content (AvgIpc) is 3.45. The SMILES string of the molecule is Cc1cc(C(N)=O)ccc1-c1cccc(CN2CC3CC2(C(=O)NC2(c4ccc(C(=O)O)cc4)CC2)C3)c1. The summed E-state index contributed by atoms with van der Waals surface area (Å²) in [5, 5.41) is 12.6. The van der Waals surface area contributed by atoms with Crippen molar-refractivity contribution in [2.24, 2.45) is 11.7 Å². The lowest BCUT2D eigenvalue weighted by Crippen LogP contribution is -2.59. The number of primary amides is 1. The summed E-state index contributed by atoms with van der Waals surface area (Å²) in [5.74, 6) is -0.763. The molecule has 194 valence electrons. The summed E-state index contributed by atoms with van der Waals surface area (Å²) < 4.78 is 0. The van der Waals surface area contributed by atoms with E-state index in [0.29, 0.717) is 18.0 Å². The van der Waals surface area contributed by atoms with Gasteiger partial charge in [-0.1, -0.05) is 36.4 Å². The Hall–Kier alpha value is -3.97. The highest BCUT2D eigenvalue weighted by Crippen LogP contribution is 2.53. The Morgan fingerprint density at radius 1 is 1.00 bits per heavy atom. The first kappa shape index (κ1) is 24.4. The van der Waals surface area contributed by atoms with E-state index in [0.717, 1.165) is 60.0 Å². The van der Waals surface area contributed by atoms with E-state index in [4.69, 9.17) is 5.73 Å². The van der Waals surface area contributed by atoms with Gasteiger partial charge >= 0.3 is 5.97 Å². The van der Waals surface area contributed by atoms with Crippen molar-refractivity contribution >= 4 is 17.8 Å². The zero-order valence-corrected chi connectivity index (χ0v) is 21.4. The number of aryl methyl sites for hydroxylation is 1. The lowest BCUT2D eigenvalue weighted by Gasteiger charge is -2.42. The monoisotopic (exact) mass is 509 g/mol. The number of amides is 2. The molecule has 2 aliphatic carbocycles. The second-order valence-corrected chi connectivity index (χ2v) is 11.2. The van der Waals surface area contributed by atoms with Gasteiger partial charge in [0.25, 0.3) is 0 Å². The van der Waals surface area contributed by atoms with Crippen molar-refractivity contribution in [3.8, 4) is 11.1 Å². The zero-order chi connectivity index (χ0) is 26.7. The predicted molar refractivity (Wildman–Crippen MR) is 143 cm³/mol. The second-order valence-electron chi connectivity index (χ2n) is 11.2. The molecule has 2 aliphatic heterocycles. The third-order valence-corrected chi connectivity index (χ3v) is 8.67. The molecule has 3 aromatic carbocycles. The van der Waals surface area contributed by atoms with E-state index >= 15 is 0 Å². The van der Waals surface area contributed by atoms with Gasteiger partial charge in [-0.25, -0.2) is 4.79 Å². The van der Waals surface area contributed by atoms with Gasteiger partial charge in [0, 0.05) is 18.7 Å². The quantitative estimate of drug-likeness (QED) is 0.421. The highest BCUT2D eigenvalue weighted by atomic mass is 16.4. The van der Waals surface area contributed by atoms with Crippen molar-refractivity contribution in [2.45, 2.75) is 50.2 Å². The molecule has 0 aromatic heterocycles. The number of nitrogens with zero attached hydrogens (tertiary/aromatic N) is 1. The number of hydrogen-bond acceptors (Lipinski definition) is 4. The predicted octanol–water partition coefficient (Wildman–Crippen LogP) is 4.23. The van der Waals surface area contributed by atoms with Crippen molar-refractivity contribution in [1.29, 1.82) is 0 Å². The van der Waals surface area contributed by atoms with E-state index in [-0.39, 0.29) is 11.5 Å². The topological polar surface area (TPSA) is 113 Å². The lowest BCUT2D eigenvalue weighted by molar-refractivity contribution is -0.136. The van der Waals surface area contributed by atoms with Gasteiger partial charge in [-0.15, -0.1) is 0 Å². The summed E-state index contributed by atoms with van der Waals surface area (Å²) in [4.78, 5) is 38.8. The molecule has 2 saturated heterocycles. The molecule has 2 amide bonds. The molecule has 3 aromatic rings. The van der Waals surface area contributed by atoms with Gasteiger partial charge in [-0.05, 0) is 96.7 Å². The molecule has 0 radical (unpaired) electrons. The fraction of sp³-hybridized carbons (Fsp3) is 0.323. The molecular weight excluding hydrogens is 478 g/mol. The molecule has 4 N–H and O–H groups in total. The van der Waals surface area contributed by atoms with E-state index in [1.54, 1.807) is 18.2 Å². The smallest absolute Gasteiger partial charge is 0.335 e. The van der Waals surface area contributed by atoms with E-state index in [9.17, 15) is 19.5 Å². The normalized spacial score (nSPS) is 22.9. The molecule has 2 heterocycles. The summed E-state index contributed by atoms with van der Waals surface area (Å²) in [5.41, 5.74) is 10.5. The van der Waals surface area contributed by atoms with Crippen molar-refractivity contribution in [3.05, 3.63) is 94.5 Å². The number of rotatable bonds is 8. The van der Waals surface area contributed by atoms with Gasteiger partial charge in [-0.3, -0.25) is 14.5 Å². The van der Waals surface area contributed by atoms with Crippen LogP contribution in [-0.2, 0) is 16.9 Å². The summed E-state index contributed by atoms with van der Waals surface area (Å²) in [6.45, 7) is 3.58. The van der Waals surface area contributed by atoms with Crippen LogP contribution in [0, 0.1) is 12.8 Å². The fourth-order valence-electron chi connectivity index (χ4n) is 6.39. The third-order valence-electron chi connectivity index (χ3n) is 8.67. The Bertz CT molecular complexity index is 1450. The van der Waals surface area contributed by atoms with Crippen LogP contribution < -0.4 is 11.1 Å². The number of aromatic carboxylic acids is 1. The highest BCUT2D eigenvalue weighted by molar-refractivity contribution is 5.94. The molecule has 0 spiro atoms. The first-order valence-corrected chi connectivity index (χ1v) is 13.1. The molecule has 0 atom stereocenters. The fourth-order valence-corrected chi connectivity index (χ4v) is 6.39. The van der Waals surface area contributed by atoms with Gasteiger partial charge < -0.3 is 16.2 Å². The Kier molecular flexibility index (Phi) is 5.65. The van der Waals surface area contributed by atoms with Gasteiger partial charge in [0.05, 0.1) is 11.1 Å². The summed E-state index contributed by atoms with van der Waals surface area (Å²) in [7, 11) is 0. The van der Waals surface area contributed by atoms with Crippen LogP contribution in [0.4, 0.5) is 0 Å². The number of benzene rings is 3. The van der Waals surface area contributed by atoms with E-state index in [2.05, 4.69) is 28.4 Å². The van der Waals surface area contributed by atoms with Gasteiger partial charge in [-0.2, -0.15) is 0 Å². The summed E-state index contributed by atoms with van der Waals surface area (Å²) in [6.07, 6.45) is 3.47. The molecule has 0 unspecified atom stereocenters. The molecule has 4 fully saturated rings. The highest BCUT2D eigenvalue weighted by Gasteiger charge is 2.62. The van der Waals surface area contributed by atoms with E-state index < -0.39 is 23.0 Å². The maximum atomic E-state index is 13.7. The van der Waals surface area contributed by atoms with E-state index in [1.807, 2.05) is 37.3 Å². The molecule has 4 aliphatic rings. The van der Waals surface area contributed by atoms with Crippen molar-refractivity contribution in [1.82, 2.24) is 10.2 Å². The number of carbonyl (C=O) groups excluding carboxylic acids is 2. The second kappa shape index (κ2) is 8.81. The first-order chi connectivity index (χ1) is 18.2. The molecule has 7 heteroatoms. The number of hydrogen-bond donors (Lipinski definition) is 3. The van der Waals surface area contributed by atoms with E-state index in [1.165, 1.54) is 0 Å². The Labute approximate surface area is 221 Å². The number of carboxylic acid groups (broad SMARTS) is 1. The Morgan fingerprint density at radius 2 is 1.71 bits per heavy atom.